The molecule has 1 unspecified atom stereocenters. The van der Waals surface area contributed by atoms with Gasteiger partial charge in [-0.1, -0.05) is 41.5 Å². The molecule has 0 spiro atoms. The van der Waals surface area contributed by atoms with Crippen LogP contribution in [0.1, 0.15) is 28.7 Å². The molecule has 0 heterocycles. The van der Waals surface area contributed by atoms with Crippen LogP contribution in [0.15, 0.2) is 42.5 Å². The van der Waals surface area contributed by atoms with Crippen LogP contribution in [0.2, 0.25) is 0 Å². The van der Waals surface area contributed by atoms with Crippen LogP contribution in [0.3, 0.4) is 0 Å². The van der Waals surface area contributed by atoms with Gasteiger partial charge in [-0.25, -0.2) is 0 Å². The number of aryl methyl sites for hydroxylation is 2. The van der Waals surface area contributed by atoms with Gasteiger partial charge in [0, 0.05) is 19.4 Å². The smallest absolute Gasteiger partial charge is 0.243 e. The standard InChI is InChI=1S/C27H40N8O4S/c1-16-11-20(36)12-17(2)21(16)14-23(35-27(30)31)25(38)34-22(9-10-40(3)39)24(37)32-15-19(33-26(28)29)13-18-7-5-4-6-8-18/h4-8,11-12,19,22-23,36H,9-10,13-15H2,1-3H3,(H,32,37)(H,34,38)(H4,28,29,33)(H4,30,31,35)/t19-,22+,23-,40?/m0/s1. The van der Waals surface area contributed by atoms with Crippen molar-refractivity contribution >= 4 is 34.9 Å². The third-order valence-electron chi connectivity index (χ3n) is 6.27. The van der Waals surface area contributed by atoms with Gasteiger partial charge in [-0.3, -0.25) is 20.4 Å². The molecule has 0 aromatic heterocycles. The van der Waals surface area contributed by atoms with Crippen LogP contribution in [-0.4, -0.2) is 70.1 Å². The summed E-state index contributed by atoms with van der Waals surface area (Å²) in [6, 6.07) is 10.3. The highest BCUT2D eigenvalue weighted by Gasteiger charge is 2.28. The summed E-state index contributed by atoms with van der Waals surface area (Å²) in [5.41, 5.74) is 14.4. The molecule has 13 heteroatoms. The molecule has 2 amide bonds. The number of hydrogen-bond donors (Lipinski definition) is 9. The fourth-order valence-corrected chi connectivity index (χ4v) is 4.93. The molecule has 2 aromatic carbocycles. The zero-order valence-electron chi connectivity index (χ0n) is 23.0. The lowest BCUT2D eigenvalue weighted by atomic mass is 9.95. The molecule has 0 bridgehead atoms. The highest BCUT2D eigenvalue weighted by Crippen LogP contribution is 2.22. The van der Waals surface area contributed by atoms with Gasteiger partial charge in [-0.2, -0.15) is 0 Å². The van der Waals surface area contributed by atoms with Crippen molar-refractivity contribution in [2.24, 2.45) is 11.5 Å². The van der Waals surface area contributed by atoms with Crippen molar-refractivity contribution in [2.45, 2.75) is 51.2 Å². The van der Waals surface area contributed by atoms with Crippen molar-refractivity contribution in [3.8, 4) is 5.75 Å². The molecule has 0 fully saturated rings. The maximum Gasteiger partial charge on any atom is 0.243 e. The number of aromatic hydroxyl groups is 1. The minimum absolute atomic E-state index is 0.105. The summed E-state index contributed by atoms with van der Waals surface area (Å²) in [4.78, 5) is 26.6. The second-order valence-electron chi connectivity index (χ2n) is 9.69. The number of guanidine groups is 2. The average Bonchev–Trinajstić information content (AvgIpc) is 2.86. The van der Waals surface area contributed by atoms with Gasteiger partial charge in [0.25, 0.3) is 0 Å². The second-order valence-corrected chi connectivity index (χ2v) is 11.2. The van der Waals surface area contributed by atoms with Gasteiger partial charge in [0.2, 0.25) is 11.8 Å². The van der Waals surface area contributed by atoms with Crippen LogP contribution in [0.5, 0.6) is 5.75 Å². The zero-order valence-corrected chi connectivity index (χ0v) is 23.9. The third kappa shape index (κ3) is 11.0. The van der Waals surface area contributed by atoms with E-state index in [0.29, 0.717) is 6.42 Å². The summed E-state index contributed by atoms with van der Waals surface area (Å²) in [5, 5.41) is 36.2. The molecule has 2 rings (SSSR count). The number of benzene rings is 2. The Hall–Kier alpha value is -3.97. The molecular formula is C27H40N8O4S. The first-order valence-electron chi connectivity index (χ1n) is 12.8. The average molecular weight is 573 g/mol. The van der Waals surface area contributed by atoms with Crippen molar-refractivity contribution in [3.05, 3.63) is 64.7 Å². The number of hydrogen-bond acceptors (Lipinski definition) is 6. The second kappa shape index (κ2) is 15.6. The summed E-state index contributed by atoms with van der Waals surface area (Å²) in [6.07, 6.45) is 2.28. The van der Waals surface area contributed by atoms with Crippen molar-refractivity contribution in [3.63, 3.8) is 0 Å². The summed E-state index contributed by atoms with van der Waals surface area (Å²) in [5.74, 6) is -1.41. The van der Waals surface area contributed by atoms with E-state index < -0.39 is 41.0 Å². The lowest BCUT2D eigenvalue weighted by Gasteiger charge is -2.25. The van der Waals surface area contributed by atoms with Gasteiger partial charge in [-0.05, 0) is 54.7 Å². The van der Waals surface area contributed by atoms with Gasteiger partial charge in [0.15, 0.2) is 11.9 Å². The van der Waals surface area contributed by atoms with E-state index in [1.165, 1.54) is 6.26 Å². The molecule has 11 N–H and O–H groups in total. The molecule has 0 saturated carbocycles. The number of carbonyl (C=O) groups excluding carboxylic acids is 2. The predicted octanol–water partition coefficient (Wildman–Crippen LogP) is -0.133. The summed E-state index contributed by atoms with van der Waals surface area (Å²) < 4.78 is 11.8. The molecule has 0 radical (unpaired) electrons. The van der Waals surface area contributed by atoms with E-state index in [0.717, 1.165) is 22.3 Å². The number of carbonyl (C=O) groups is 2. The summed E-state index contributed by atoms with van der Waals surface area (Å²) in [7, 11) is 0. The number of amides is 2. The van der Waals surface area contributed by atoms with E-state index in [4.69, 9.17) is 22.3 Å². The molecule has 12 nitrogen and oxygen atoms in total. The minimum atomic E-state index is -1.21. The van der Waals surface area contributed by atoms with E-state index in [1.54, 1.807) is 26.0 Å². The Morgan fingerprint density at radius 2 is 1.55 bits per heavy atom. The number of phenols is 1. The molecule has 2 aromatic rings. The Morgan fingerprint density at radius 3 is 2.10 bits per heavy atom. The van der Waals surface area contributed by atoms with E-state index in [9.17, 15) is 19.2 Å². The van der Waals surface area contributed by atoms with Crippen LogP contribution in [0.25, 0.3) is 0 Å². The topological polar surface area (TPSA) is 225 Å². The lowest BCUT2D eigenvalue weighted by molar-refractivity contribution is -0.130. The van der Waals surface area contributed by atoms with Gasteiger partial charge < -0.3 is 42.4 Å². The molecular weight excluding hydrogens is 532 g/mol. The summed E-state index contributed by atoms with van der Waals surface area (Å²) >= 11 is -1.21. The van der Waals surface area contributed by atoms with E-state index in [-0.39, 0.29) is 42.9 Å². The Balaban J connectivity index is 2.18. The maximum absolute atomic E-state index is 13.4. The first-order chi connectivity index (χ1) is 18.8. The molecule has 0 aliphatic rings. The van der Waals surface area contributed by atoms with Crippen molar-refractivity contribution in [1.82, 2.24) is 21.3 Å². The van der Waals surface area contributed by atoms with Gasteiger partial charge in [0.1, 0.15) is 23.6 Å². The largest absolute Gasteiger partial charge is 0.617 e. The van der Waals surface area contributed by atoms with Crippen molar-refractivity contribution < 1.29 is 19.2 Å². The Bertz CT molecular complexity index is 1160. The monoisotopic (exact) mass is 572 g/mol. The highest BCUT2D eigenvalue weighted by molar-refractivity contribution is 7.90. The van der Waals surface area contributed by atoms with Gasteiger partial charge in [0.05, 0.1) is 12.3 Å². The molecule has 0 aliphatic carbocycles. The molecule has 218 valence electrons. The maximum atomic E-state index is 13.4. The van der Waals surface area contributed by atoms with Gasteiger partial charge >= 0.3 is 0 Å². The molecule has 40 heavy (non-hydrogen) atoms. The number of rotatable bonds is 14. The third-order valence-corrected chi connectivity index (χ3v) is 7.08. The van der Waals surface area contributed by atoms with Crippen LogP contribution in [0, 0.1) is 24.7 Å². The normalized spacial score (nSPS) is 13.8. The lowest BCUT2D eigenvalue weighted by Crippen LogP contribution is -2.57. The van der Waals surface area contributed by atoms with Crippen LogP contribution < -0.4 is 32.7 Å². The van der Waals surface area contributed by atoms with Crippen LogP contribution in [-0.2, 0) is 33.6 Å². The zero-order chi connectivity index (χ0) is 29.8. The quantitative estimate of drug-likeness (QED) is 0.0839. The number of nitrogens with one attached hydrogen (secondary N) is 6. The van der Waals surface area contributed by atoms with Crippen molar-refractivity contribution in [1.29, 1.82) is 10.8 Å². The minimum Gasteiger partial charge on any atom is -0.617 e. The summed E-state index contributed by atoms with van der Waals surface area (Å²) in [6.45, 7) is 3.73. The first-order valence-corrected chi connectivity index (χ1v) is 14.5. The molecule has 4 atom stereocenters. The van der Waals surface area contributed by atoms with Gasteiger partial charge in [-0.15, -0.1) is 0 Å². The Morgan fingerprint density at radius 1 is 0.950 bits per heavy atom. The fourth-order valence-electron chi connectivity index (χ4n) is 4.36. The van der Waals surface area contributed by atoms with E-state index >= 15 is 0 Å². The Kier molecular flexibility index (Phi) is 12.6. The number of nitrogens with two attached hydrogens (primary N) is 2. The molecule has 0 aliphatic heterocycles. The van der Waals surface area contributed by atoms with Crippen LogP contribution in [0.4, 0.5) is 0 Å². The number of phenolic OH excluding ortho intramolecular Hbond substituents is 1. The fraction of sp³-hybridized carbons (Fsp3) is 0.407. The van der Waals surface area contributed by atoms with Crippen molar-refractivity contribution in [2.75, 3.05) is 18.6 Å². The predicted molar refractivity (Wildman–Crippen MR) is 158 cm³/mol. The highest BCUT2D eigenvalue weighted by atomic mass is 32.2. The Labute approximate surface area is 237 Å². The van der Waals surface area contributed by atoms with E-state index in [2.05, 4.69) is 21.3 Å². The molecule has 0 saturated heterocycles. The van der Waals surface area contributed by atoms with E-state index in [1.807, 2.05) is 30.3 Å². The SMILES string of the molecule is Cc1cc(O)cc(C)c1C[C@H](NC(=N)N)C(=O)N[C@H](CC[S+](C)[O-])C(=O)NC[C@H](Cc1ccccc1)NC(=N)N. The van der Waals surface area contributed by atoms with Crippen LogP contribution >= 0.6 is 0 Å². The first kappa shape index (κ1) is 32.2.